The van der Waals surface area contributed by atoms with Crippen molar-refractivity contribution in [2.24, 2.45) is 5.92 Å². The maximum absolute atomic E-state index is 11.6. The van der Waals surface area contributed by atoms with Crippen LogP contribution in [0, 0.1) is 5.92 Å². The van der Waals surface area contributed by atoms with E-state index < -0.39 is 33.2 Å². The summed E-state index contributed by atoms with van der Waals surface area (Å²) in [6.07, 6.45) is 0. The Morgan fingerprint density at radius 2 is 1.67 bits per heavy atom. The summed E-state index contributed by atoms with van der Waals surface area (Å²) in [5.74, 6) is -1.70. The summed E-state index contributed by atoms with van der Waals surface area (Å²) in [6.45, 7) is 6.65. The zero-order chi connectivity index (χ0) is 14.5. The van der Waals surface area contributed by atoms with Crippen molar-refractivity contribution in [3.05, 3.63) is 0 Å². The predicted molar refractivity (Wildman–Crippen MR) is 66.5 cm³/mol. The minimum absolute atomic E-state index is 0.246. The highest BCUT2D eigenvalue weighted by Gasteiger charge is 2.30. The molecule has 18 heavy (non-hydrogen) atoms. The molecule has 0 aromatic rings. The molecule has 0 saturated heterocycles. The number of carbonyl (C=O) groups is 2. The van der Waals surface area contributed by atoms with Crippen LogP contribution in [0.1, 0.15) is 27.7 Å². The minimum atomic E-state index is -4.05. The van der Waals surface area contributed by atoms with Gasteiger partial charge in [0.05, 0.1) is 6.04 Å². The molecule has 7 nitrogen and oxygen atoms in total. The zero-order valence-electron chi connectivity index (χ0n) is 10.9. The number of rotatable bonds is 7. The van der Waals surface area contributed by atoms with E-state index in [1.807, 2.05) is 18.6 Å². The smallest absolute Gasteiger partial charge is 0.323 e. The monoisotopic (exact) mass is 280 g/mol. The van der Waals surface area contributed by atoms with E-state index in [9.17, 15) is 18.0 Å². The number of carbonyl (C=O) groups excluding carboxylic acids is 1. The maximum atomic E-state index is 11.6. The van der Waals surface area contributed by atoms with Gasteiger partial charge in [-0.25, -0.2) is 13.1 Å². The van der Waals surface area contributed by atoms with Gasteiger partial charge in [-0.2, -0.15) is 0 Å². The van der Waals surface area contributed by atoms with E-state index in [1.54, 1.807) is 0 Å². The molecule has 3 N–H and O–H groups in total. The van der Waals surface area contributed by atoms with Crippen LogP contribution in [-0.4, -0.2) is 43.2 Å². The molecule has 0 saturated carbocycles. The molecule has 0 aromatic carbocycles. The molecule has 2 atom stereocenters. The van der Waals surface area contributed by atoms with Gasteiger partial charge in [0.2, 0.25) is 15.9 Å². The average Bonchev–Trinajstić information content (AvgIpc) is 2.23. The van der Waals surface area contributed by atoms with Crippen LogP contribution in [0.2, 0.25) is 0 Å². The number of hydrogen-bond donors (Lipinski definition) is 3. The van der Waals surface area contributed by atoms with E-state index in [4.69, 9.17) is 5.11 Å². The van der Waals surface area contributed by atoms with E-state index in [1.165, 1.54) is 6.92 Å². The Labute approximate surface area is 107 Å². The zero-order valence-corrected chi connectivity index (χ0v) is 11.7. The van der Waals surface area contributed by atoms with Gasteiger partial charge < -0.3 is 10.4 Å². The molecule has 0 aliphatic heterocycles. The number of carboxylic acid groups (broad SMARTS) is 1. The van der Waals surface area contributed by atoms with Gasteiger partial charge in [0.15, 0.2) is 5.25 Å². The fourth-order valence-electron chi connectivity index (χ4n) is 0.993. The van der Waals surface area contributed by atoms with Gasteiger partial charge in [0, 0.05) is 6.54 Å². The molecule has 0 aromatic heterocycles. The van der Waals surface area contributed by atoms with Crippen molar-refractivity contribution >= 4 is 21.9 Å². The first-order valence-electron chi connectivity index (χ1n) is 5.59. The van der Waals surface area contributed by atoms with Crippen LogP contribution in [0.25, 0.3) is 0 Å². The quantitative estimate of drug-likeness (QED) is 0.584. The van der Waals surface area contributed by atoms with Crippen molar-refractivity contribution in [2.45, 2.75) is 39.0 Å². The molecule has 0 radical (unpaired) electrons. The van der Waals surface area contributed by atoms with Gasteiger partial charge >= 0.3 is 5.97 Å². The average molecular weight is 280 g/mol. The lowest BCUT2D eigenvalue weighted by atomic mass is 10.2. The molecular weight excluding hydrogens is 260 g/mol. The number of hydrogen-bond acceptors (Lipinski definition) is 4. The van der Waals surface area contributed by atoms with Crippen molar-refractivity contribution in [3.8, 4) is 0 Å². The molecule has 0 aliphatic rings. The molecule has 0 aliphatic carbocycles. The molecular formula is C10H20N2O5S. The van der Waals surface area contributed by atoms with Crippen LogP contribution >= 0.6 is 0 Å². The third-order valence-corrected chi connectivity index (χ3v) is 4.05. The standard InChI is InChI=1S/C10H20N2O5S/c1-6(2)5-11-9(13)7(3)12-18(16,17)8(4)10(14)15/h6-8,12H,5H2,1-4H3,(H,11,13)(H,14,15). The van der Waals surface area contributed by atoms with Gasteiger partial charge in [-0.05, 0) is 19.8 Å². The Morgan fingerprint density at radius 3 is 2.06 bits per heavy atom. The van der Waals surface area contributed by atoms with Crippen molar-refractivity contribution in [1.29, 1.82) is 0 Å². The molecule has 0 fully saturated rings. The number of sulfonamides is 1. The van der Waals surface area contributed by atoms with Crippen molar-refractivity contribution in [2.75, 3.05) is 6.54 Å². The summed E-state index contributed by atoms with van der Waals surface area (Å²) < 4.78 is 25.1. The third-order valence-electron chi connectivity index (χ3n) is 2.23. The second-order valence-electron chi connectivity index (χ2n) is 4.50. The first kappa shape index (κ1) is 16.9. The number of nitrogens with one attached hydrogen (secondary N) is 2. The van der Waals surface area contributed by atoms with Crippen LogP contribution in [0.4, 0.5) is 0 Å². The minimum Gasteiger partial charge on any atom is -0.480 e. The number of amides is 1. The van der Waals surface area contributed by atoms with Gasteiger partial charge in [0.25, 0.3) is 0 Å². The second kappa shape index (κ2) is 6.69. The van der Waals surface area contributed by atoms with E-state index in [2.05, 4.69) is 5.32 Å². The predicted octanol–water partition coefficient (Wildman–Crippen LogP) is -0.460. The van der Waals surface area contributed by atoms with Crippen LogP contribution in [0.3, 0.4) is 0 Å². The summed E-state index contributed by atoms with van der Waals surface area (Å²) in [7, 11) is -4.05. The summed E-state index contributed by atoms with van der Waals surface area (Å²) in [6, 6.07) is -1.00. The summed E-state index contributed by atoms with van der Waals surface area (Å²) >= 11 is 0. The lowest BCUT2D eigenvalue weighted by Crippen LogP contribution is -2.49. The highest BCUT2D eigenvalue weighted by molar-refractivity contribution is 7.90. The maximum Gasteiger partial charge on any atom is 0.323 e. The van der Waals surface area contributed by atoms with Crippen LogP contribution in [0.5, 0.6) is 0 Å². The fraction of sp³-hybridized carbons (Fsp3) is 0.800. The van der Waals surface area contributed by atoms with Crippen molar-refractivity contribution in [3.63, 3.8) is 0 Å². The van der Waals surface area contributed by atoms with Gasteiger partial charge in [-0.3, -0.25) is 9.59 Å². The first-order valence-corrected chi connectivity index (χ1v) is 7.14. The van der Waals surface area contributed by atoms with Crippen LogP contribution in [0.15, 0.2) is 0 Å². The Kier molecular flexibility index (Phi) is 6.27. The highest BCUT2D eigenvalue weighted by Crippen LogP contribution is 2.00. The van der Waals surface area contributed by atoms with E-state index >= 15 is 0 Å². The van der Waals surface area contributed by atoms with E-state index in [0.29, 0.717) is 6.54 Å². The largest absolute Gasteiger partial charge is 0.480 e. The molecule has 0 bridgehead atoms. The molecule has 8 heteroatoms. The van der Waals surface area contributed by atoms with Crippen molar-refractivity contribution in [1.82, 2.24) is 10.0 Å². The lowest BCUT2D eigenvalue weighted by Gasteiger charge is -2.16. The number of carboxylic acids is 1. The van der Waals surface area contributed by atoms with Crippen LogP contribution < -0.4 is 10.0 Å². The first-order chi connectivity index (χ1) is 8.08. The van der Waals surface area contributed by atoms with Gasteiger partial charge in [-0.15, -0.1) is 0 Å². The van der Waals surface area contributed by atoms with E-state index in [0.717, 1.165) is 6.92 Å². The van der Waals surface area contributed by atoms with Gasteiger partial charge in [0.1, 0.15) is 0 Å². The Balaban J connectivity index is 4.51. The summed E-state index contributed by atoms with van der Waals surface area (Å²) in [5.41, 5.74) is 0. The lowest BCUT2D eigenvalue weighted by molar-refractivity contribution is -0.136. The SMILES string of the molecule is CC(C)CNC(=O)C(C)NS(=O)(=O)C(C)C(=O)O. The van der Waals surface area contributed by atoms with E-state index in [-0.39, 0.29) is 5.92 Å². The highest BCUT2D eigenvalue weighted by atomic mass is 32.2. The summed E-state index contributed by atoms with van der Waals surface area (Å²) in [5, 5.41) is 9.59. The number of aliphatic carboxylic acids is 1. The third kappa shape index (κ3) is 5.46. The van der Waals surface area contributed by atoms with Crippen LogP contribution in [-0.2, 0) is 19.6 Å². The normalized spacial score (nSPS) is 15.2. The van der Waals surface area contributed by atoms with Crippen molar-refractivity contribution < 1.29 is 23.1 Å². The topological polar surface area (TPSA) is 113 Å². The molecule has 2 unspecified atom stereocenters. The Hall–Kier alpha value is -1.15. The molecule has 0 rings (SSSR count). The summed E-state index contributed by atoms with van der Waals surface area (Å²) in [4.78, 5) is 22.1. The molecule has 0 heterocycles. The second-order valence-corrected chi connectivity index (χ2v) is 6.54. The van der Waals surface area contributed by atoms with Gasteiger partial charge in [-0.1, -0.05) is 13.8 Å². The Bertz CT molecular complexity index is 404. The molecule has 0 spiro atoms. The molecule has 106 valence electrons. The Morgan fingerprint density at radius 1 is 1.17 bits per heavy atom. The molecule has 1 amide bonds. The fourth-order valence-corrected chi connectivity index (χ4v) is 2.06.